The van der Waals surface area contributed by atoms with Gasteiger partial charge in [0, 0.05) is 11.7 Å². The van der Waals surface area contributed by atoms with E-state index in [0.717, 1.165) is 24.8 Å². The van der Waals surface area contributed by atoms with Crippen LogP contribution in [0, 0.1) is 5.92 Å². The van der Waals surface area contributed by atoms with Gasteiger partial charge in [-0.05, 0) is 62.1 Å². The van der Waals surface area contributed by atoms with Crippen molar-refractivity contribution >= 4 is 46.0 Å². The second kappa shape index (κ2) is 11.9. The van der Waals surface area contributed by atoms with E-state index >= 15 is 0 Å². The molecule has 38 heavy (non-hydrogen) atoms. The van der Waals surface area contributed by atoms with Crippen LogP contribution in [0.1, 0.15) is 51.5 Å². The third-order valence-corrected chi connectivity index (χ3v) is 7.65. The lowest BCUT2D eigenvalue weighted by atomic mass is 9.92. The van der Waals surface area contributed by atoms with Crippen LogP contribution >= 0.6 is 23.2 Å². The van der Waals surface area contributed by atoms with E-state index in [1.807, 2.05) is 0 Å². The van der Waals surface area contributed by atoms with Gasteiger partial charge < -0.3 is 25.1 Å². The molecule has 1 aliphatic carbocycles. The van der Waals surface area contributed by atoms with Crippen molar-refractivity contribution in [2.45, 2.75) is 70.0 Å². The molecule has 7 nitrogen and oxygen atoms in total. The van der Waals surface area contributed by atoms with Gasteiger partial charge in [-0.2, -0.15) is 0 Å². The van der Waals surface area contributed by atoms with Crippen LogP contribution in [0.15, 0.2) is 42.7 Å². The van der Waals surface area contributed by atoms with Gasteiger partial charge in [-0.3, -0.25) is 0 Å². The number of amides is 1. The summed E-state index contributed by atoms with van der Waals surface area (Å²) in [5.74, 6) is 0.188. The van der Waals surface area contributed by atoms with Crippen molar-refractivity contribution < 1.29 is 27.4 Å². The number of nitrogens with two attached hydrogens (primary N) is 1. The minimum Gasteiger partial charge on any atom is -0.445 e. The Kier molecular flexibility index (Phi) is 8.82. The number of alkyl halides is 3. The molecule has 0 spiro atoms. The molecule has 1 saturated carbocycles. The summed E-state index contributed by atoms with van der Waals surface area (Å²) in [6.45, 7) is 1.72. The molecule has 2 unspecified atom stereocenters. The molecule has 3 N–H and O–H groups in total. The second-order valence-corrected chi connectivity index (χ2v) is 10.5. The molecule has 1 fully saturated rings. The van der Waals surface area contributed by atoms with Crippen molar-refractivity contribution in [2.24, 2.45) is 11.7 Å². The molecular formula is C26H29Cl2F3N4O3. The van der Waals surface area contributed by atoms with E-state index < -0.39 is 24.6 Å². The first-order valence-electron chi connectivity index (χ1n) is 12.4. The molecule has 1 amide bonds. The van der Waals surface area contributed by atoms with Crippen LogP contribution in [0.25, 0.3) is 11.0 Å². The first kappa shape index (κ1) is 28.2. The first-order chi connectivity index (χ1) is 18.0. The number of nitrogens with zero attached hydrogens (tertiary/aromatic N) is 2. The highest BCUT2D eigenvalue weighted by Gasteiger charge is 2.32. The number of halogens is 5. The molecule has 3 aromatic rings. The number of hydrogen-bond acceptors (Lipinski definition) is 5. The maximum atomic E-state index is 12.6. The van der Waals surface area contributed by atoms with Crippen LogP contribution in [-0.2, 0) is 4.74 Å². The van der Waals surface area contributed by atoms with Crippen molar-refractivity contribution in [3.05, 3.63) is 52.8 Å². The number of benzene rings is 2. The van der Waals surface area contributed by atoms with Crippen molar-refractivity contribution in [1.29, 1.82) is 0 Å². The minimum atomic E-state index is -4.78. The van der Waals surface area contributed by atoms with E-state index in [1.165, 1.54) is 37.1 Å². The van der Waals surface area contributed by atoms with Gasteiger partial charge in [0.1, 0.15) is 11.9 Å². The lowest BCUT2D eigenvalue weighted by molar-refractivity contribution is -0.274. The summed E-state index contributed by atoms with van der Waals surface area (Å²) >= 11 is 12.5. The molecule has 206 valence electrons. The topological polar surface area (TPSA) is 91.4 Å². The van der Waals surface area contributed by atoms with Gasteiger partial charge in [-0.15, -0.1) is 13.2 Å². The lowest BCUT2D eigenvalue weighted by Gasteiger charge is -2.31. The van der Waals surface area contributed by atoms with Crippen molar-refractivity contribution in [3.8, 4) is 5.75 Å². The predicted molar refractivity (Wildman–Crippen MR) is 141 cm³/mol. The number of fused-ring (bicyclic) bond motifs is 1. The summed E-state index contributed by atoms with van der Waals surface area (Å²) in [4.78, 5) is 16.1. The Morgan fingerprint density at radius 2 is 1.84 bits per heavy atom. The van der Waals surface area contributed by atoms with E-state index in [0.29, 0.717) is 33.6 Å². The number of carbonyl (C=O) groups excluding carboxylic acids is 1. The monoisotopic (exact) mass is 572 g/mol. The lowest BCUT2D eigenvalue weighted by Crippen LogP contribution is -2.38. The standard InChI is InChI=1S/C26H29Cl2F3N4O3/c1-15(37-25(32)36)22(34-17-6-8-19(9-7-17)38-26(29,30)31)11-18(10-16-4-2-3-5-16)35-14-33-23-12-20(27)21(28)13-24(23)35/h6-9,12-16,18,22,34H,2-5,10-11H2,1H3,(H2,32,36)/t15?,18?,22-/m1/s1. The Morgan fingerprint density at radius 1 is 1.18 bits per heavy atom. The van der Waals surface area contributed by atoms with Crippen LogP contribution in [0.5, 0.6) is 5.75 Å². The van der Waals surface area contributed by atoms with Gasteiger partial charge in [-0.1, -0.05) is 48.9 Å². The fourth-order valence-electron chi connectivity index (χ4n) is 5.16. The van der Waals surface area contributed by atoms with Gasteiger partial charge >= 0.3 is 12.5 Å². The van der Waals surface area contributed by atoms with Gasteiger partial charge in [0.2, 0.25) is 0 Å². The molecule has 0 aliphatic heterocycles. The highest BCUT2D eigenvalue weighted by atomic mass is 35.5. The maximum absolute atomic E-state index is 12.6. The smallest absolute Gasteiger partial charge is 0.445 e. The number of primary amides is 1. The van der Waals surface area contributed by atoms with E-state index in [1.54, 1.807) is 25.4 Å². The van der Waals surface area contributed by atoms with Crippen molar-refractivity contribution in [3.63, 3.8) is 0 Å². The van der Waals surface area contributed by atoms with E-state index in [-0.39, 0.29) is 11.8 Å². The quantitative estimate of drug-likeness (QED) is 0.259. The summed E-state index contributed by atoms with van der Waals surface area (Å²) in [6.07, 6.45) is 1.41. The largest absolute Gasteiger partial charge is 0.573 e. The van der Waals surface area contributed by atoms with Gasteiger partial charge in [-0.25, -0.2) is 9.78 Å². The number of imidazole rings is 1. The van der Waals surface area contributed by atoms with Crippen molar-refractivity contribution in [1.82, 2.24) is 9.55 Å². The zero-order chi connectivity index (χ0) is 27.4. The van der Waals surface area contributed by atoms with Crippen LogP contribution in [-0.4, -0.2) is 34.2 Å². The SMILES string of the molecule is CC(OC(N)=O)[C@@H](CC(CC1CCCC1)n1cnc2cc(Cl)c(Cl)cc21)Nc1ccc(OC(F)(F)F)cc1. The number of nitrogens with one attached hydrogen (secondary N) is 1. The summed E-state index contributed by atoms with van der Waals surface area (Å²) < 4.78 is 49.0. The fourth-order valence-corrected chi connectivity index (χ4v) is 5.48. The molecule has 1 aliphatic rings. The van der Waals surface area contributed by atoms with E-state index in [9.17, 15) is 18.0 Å². The predicted octanol–water partition coefficient (Wildman–Crippen LogP) is 7.72. The second-order valence-electron chi connectivity index (χ2n) is 9.65. The molecule has 12 heteroatoms. The van der Waals surface area contributed by atoms with Gasteiger partial charge in [0.25, 0.3) is 0 Å². The first-order valence-corrected chi connectivity index (χ1v) is 13.1. The molecule has 0 radical (unpaired) electrons. The van der Waals surface area contributed by atoms with Gasteiger partial charge in [0.15, 0.2) is 0 Å². The Bertz CT molecular complexity index is 1250. The van der Waals surface area contributed by atoms with Gasteiger partial charge in [0.05, 0.1) is 33.4 Å². The summed E-state index contributed by atoms with van der Waals surface area (Å²) in [5.41, 5.74) is 7.39. The Hall–Kier alpha value is -2.85. The summed E-state index contributed by atoms with van der Waals surface area (Å²) in [7, 11) is 0. The van der Waals surface area contributed by atoms with Crippen LogP contribution < -0.4 is 15.8 Å². The number of carbonyl (C=O) groups is 1. The minimum absolute atomic E-state index is 0.0513. The zero-order valence-electron chi connectivity index (χ0n) is 20.7. The highest BCUT2D eigenvalue weighted by molar-refractivity contribution is 6.42. The highest BCUT2D eigenvalue weighted by Crippen LogP contribution is 2.37. The number of anilines is 1. The van der Waals surface area contributed by atoms with E-state index in [4.69, 9.17) is 33.7 Å². The third kappa shape index (κ3) is 7.38. The number of aromatic nitrogens is 2. The molecule has 0 bridgehead atoms. The molecule has 3 atom stereocenters. The summed E-state index contributed by atoms with van der Waals surface area (Å²) in [6, 6.07) is 8.43. The van der Waals surface area contributed by atoms with E-state index in [2.05, 4.69) is 19.6 Å². The fraction of sp³-hybridized carbons (Fsp3) is 0.462. The van der Waals surface area contributed by atoms with Crippen molar-refractivity contribution in [2.75, 3.05) is 5.32 Å². The molecule has 4 rings (SSSR count). The molecule has 2 aromatic carbocycles. The molecule has 1 aromatic heterocycles. The Balaban J connectivity index is 1.63. The summed E-state index contributed by atoms with van der Waals surface area (Å²) in [5, 5.41) is 4.14. The number of ether oxygens (including phenoxy) is 2. The average Bonchev–Trinajstić information content (AvgIpc) is 3.48. The molecular weight excluding hydrogens is 544 g/mol. The molecule has 1 heterocycles. The third-order valence-electron chi connectivity index (χ3n) is 6.93. The van der Waals surface area contributed by atoms with Crippen LogP contribution in [0.2, 0.25) is 10.0 Å². The number of rotatable bonds is 10. The average molecular weight is 573 g/mol. The Morgan fingerprint density at radius 3 is 2.47 bits per heavy atom. The Labute approximate surface area is 228 Å². The molecule has 0 saturated heterocycles. The maximum Gasteiger partial charge on any atom is 0.573 e. The normalized spacial score (nSPS) is 16.8. The van der Waals surface area contributed by atoms with Crippen LogP contribution in [0.3, 0.4) is 0 Å². The number of hydrogen-bond donors (Lipinski definition) is 2. The van der Waals surface area contributed by atoms with Crippen LogP contribution in [0.4, 0.5) is 23.7 Å². The zero-order valence-corrected chi connectivity index (χ0v) is 22.2.